The van der Waals surface area contributed by atoms with Crippen molar-refractivity contribution in [3.8, 4) is 11.1 Å². The van der Waals surface area contributed by atoms with Crippen molar-refractivity contribution in [2.75, 3.05) is 13.7 Å². The molecule has 27 heavy (non-hydrogen) atoms. The van der Waals surface area contributed by atoms with E-state index in [0.29, 0.717) is 28.6 Å². The predicted molar refractivity (Wildman–Crippen MR) is 109 cm³/mol. The zero-order chi connectivity index (χ0) is 19.8. The van der Waals surface area contributed by atoms with E-state index in [9.17, 15) is 9.90 Å². The molecule has 2 aromatic carbocycles. The molecule has 6 heteroatoms. The number of aliphatic hydroxyl groups excluding tert-OH is 1. The Morgan fingerprint density at radius 1 is 1.15 bits per heavy atom. The fourth-order valence-electron chi connectivity index (χ4n) is 3.34. The number of rotatable bonds is 5. The van der Waals surface area contributed by atoms with Crippen molar-refractivity contribution in [1.29, 1.82) is 0 Å². The molecule has 0 bridgehead atoms. The molecule has 1 unspecified atom stereocenters. The van der Waals surface area contributed by atoms with Crippen LogP contribution in [-0.2, 0) is 9.53 Å². The van der Waals surface area contributed by atoms with Crippen LogP contribution in [0.5, 0.6) is 0 Å². The van der Waals surface area contributed by atoms with Crippen molar-refractivity contribution in [2.24, 2.45) is 0 Å². The summed E-state index contributed by atoms with van der Waals surface area (Å²) in [5.74, 6) is -0.343. The molecule has 2 N–H and O–H groups in total. The third-order valence-corrected chi connectivity index (χ3v) is 5.45. The van der Waals surface area contributed by atoms with Crippen molar-refractivity contribution >= 4 is 34.7 Å². The number of nitrogens with one attached hydrogen (secondary N) is 1. The van der Waals surface area contributed by atoms with Crippen LogP contribution >= 0.6 is 23.2 Å². The van der Waals surface area contributed by atoms with Gasteiger partial charge in [-0.1, -0.05) is 41.4 Å². The zero-order valence-electron chi connectivity index (χ0n) is 15.4. The lowest BCUT2D eigenvalue weighted by Gasteiger charge is -2.24. The quantitative estimate of drug-likeness (QED) is 0.721. The molecule has 1 aliphatic rings. The summed E-state index contributed by atoms with van der Waals surface area (Å²) in [6.45, 7) is 4.06. The van der Waals surface area contributed by atoms with Crippen molar-refractivity contribution in [3.05, 3.63) is 63.3 Å². The molecule has 0 spiro atoms. The summed E-state index contributed by atoms with van der Waals surface area (Å²) in [6, 6.07) is 11.2. The average Bonchev–Trinajstić information content (AvgIpc) is 2.83. The highest BCUT2D eigenvalue weighted by Crippen LogP contribution is 2.40. The lowest BCUT2D eigenvalue weighted by atomic mass is 9.91. The summed E-state index contributed by atoms with van der Waals surface area (Å²) in [5, 5.41) is 14.7. The van der Waals surface area contributed by atoms with Gasteiger partial charge < -0.3 is 15.2 Å². The molecule has 0 saturated heterocycles. The van der Waals surface area contributed by atoms with Crippen LogP contribution in [0.15, 0.2) is 42.2 Å². The van der Waals surface area contributed by atoms with Crippen LogP contribution in [0.4, 0.5) is 0 Å². The van der Waals surface area contributed by atoms with E-state index in [-0.39, 0.29) is 17.2 Å². The molecule has 1 atom stereocenters. The number of hydrogen-bond donors (Lipinski definition) is 2. The molecular weight excluding hydrogens is 385 g/mol. The van der Waals surface area contributed by atoms with E-state index in [1.54, 1.807) is 20.1 Å². The Hall–Kier alpha value is -2.01. The highest BCUT2D eigenvalue weighted by Gasteiger charge is 2.43. The molecule has 0 aromatic heterocycles. The largest absolute Gasteiger partial charge is 0.509 e. The molecule has 2 aromatic rings. The lowest BCUT2D eigenvalue weighted by Crippen LogP contribution is -2.42. The van der Waals surface area contributed by atoms with Crippen molar-refractivity contribution in [1.82, 2.24) is 5.32 Å². The molecule has 1 heterocycles. The standard InChI is InChI=1S/C21H21Cl2NO3/c1-12-10-14(13-4-6-15(22)7-5-13)11-16(23)17(12)18-19(25)21(2,8-9-27-3)24-20(18)26/h4-7,10-11,25H,8-9H2,1-3H3,(H,24,26). The van der Waals surface area contributed by atoms with Gasteiger partial charge in [-0.2, -0.15) is 0 Å². The predicted octanol–water partition coefficient (Wildman–Crippen LogP) is 5.16. The maximum Gasteiger partial charge on any atom is 0.256 e. The second-order valence-corrected chi connectivity index (χ2v) is 7.75. The van der Waals surface area contributed by atoms with Gasteiger partial charge in [0.15, 0.2) is 0 Å². The second-order valence-electron chi connectivity index (χ2n) is 6.91. The van der Waals surface area contributed by atoms with Gasteiger partial charge in [0, 0.05) is 35.7 Å². The van der Waals surface area contributed by atoms with Gasteiger partial charge in [-0.05, 0) is 48.7 Å². The average molecular weight is 406 g/mol. The minimum atomic E-state index is -0.868. The fraction of sp³-hybridized carbons (Fsp3) is 0.286. The zero-order valence-corrected chi connectivity index (χ0v) is 16.9. The molecule has 142 valence electrons. The molecular formula is C21H21Cl2NO3. The minimum absolute atomic E-state index is 0.00575. The summed E-state index contributed by atoms with van der Waals surface area (Å²) in [4.78, 5) is 12.6. The van der Waals surface area contributed by atoms with Gasteiger partial charge in [0.1, 0.15) is 5.76 Å². The van der Waals surface area contributed by atoms with Crippen LogP contribution in [0.1, 0.15) is 24.5 Å². The first-order valence-electron chi connectivity index (χ1n) is 8.58. The third-order valence-electron chi connectivity index (χ3n) is 4.90. The molecule has 4 nitrogen and oxygen atoms in total. The molecule has 3 rings (SSSR count). The van der Waals surface area contributed by atoms with E-state index in [0.717, 1.165) is 16.7 Å². The Bertz CT molecular complexity index is 899. The summed E-state index contributed by atoms with van der Waals surface area (Å²) >= 11 is 12.5. The van der Waals surface area contributed by atoms with Gasteiger partial charge in [0.25, 0.3) is 5.91 Å². The number of amides is 1. The smallest absolute Gasteiger partial charge is 0.256 e. The van der Waals surface area contributed by atoms with E-state index < -0.39 is 5.54 Å². The van der Waals surface area contributed by atoms with Crippen LogP contribution in [0.3, 0.4) is 0 Å². The van der Waals surface area contributed by atoms with Gasteiger partial charge in [0.2, 0.25) is 0 Å². The van der Waals surface area contributed by atoms with E-state index in [1.807, 2.05) is 37.3 Å². The normalized spacial score (nSPS) is 19.5. The summed E-state index contributed by atoms with van der Waals surface area (Å²) in [6.07, 6.45) is 0.462. The summed E-state index contributed by atoms with van der Waals surface area (Å²) in [5.41, 5.74) is 2.59. The number of carbonyl (C=O) groups excluding carboxylic acids is 1. The minimum Gasteiger partial charge on any atom is -0.509 e. The molecule has 0 aliphatic carbocycles. The van der Waals surface area contributed by atoms with E-state index in [2.05, 4.69) is 5.32 Å². The van der Waals surface area contributed by atoms with Crippen molar-refractivity contribution in [2.45, 2.75) is 25.8 Å². The number of aryl methyl sites for hydroxylation is 1. The molecule has 0 saturated carbocycles. The summed E-state index contributed by atoms with van der Waals surface area (Å²) in [7, 11) is 1.58. The number of aliphatic hydroxyl groups is 1. The first-order valence-corrected chi connectivity index (χ1v) is 9.34. The van der Waals surface area contributed by atoms with E-state index in [1.165, 1.54) is 0 Å². The van der Waals surface area contributed by atoms with Gasteiger partial charge >= 0.3 is 0 Å². The van der Waals surface area contributed by atoms with Crippen LogP contribution in [0.2, 0.25) is 10.0 Å². The highest BCUT2D eigenvalue weighted by molar-refractivity contribution is 6.36. The number of benzene rings is 2. The number of methoxy groups -OCH3 is 1. The number of halogens is 2. The lowest BCUT2D eigenvalue weighted by molar-refractivity contribution is -0.116. The van der Waals surface area contributed by atoms with Gasteiger partial charge in [-0.25, -0.2) is 0 Å². The maximum absolute atomic E-state index is 12.6. The van der Waals surface area contributed by atoms with Crippen molar-refractivity contribution < 1.29 is 14.6 Å². The first-order chi connectivity index (χ1) is 12.8. The third kappa shape index (κ3) is 3.70. The van der Waals surface area contributed by atoms with Gasteiger partial charge in [-0.15, -0.1) is 0 Å². The molecule has 1 aliphatic heterocycles. The van der Waals surface area contributed by atoms with Crippen LogP contribution in [0.25, 0.3) is 16.7 Å². The Morgan fingerprint density at radius 3 is 2.41 bits per heavy atom. The number of hydrogen-bond acceptors (Lipinski definition) is 3. The van der Waals surface area contributed by atoms with Crippen LogP contribution in [-0.4, -0.2) is 30.3 Å². The second kappa shape index (κ2) is 7.55. The molecule has 1 amide bonds. The topological polar surface area (TPSA) is 58.6 Å². The van der Waals surface area contributed by atoms with Gasteiger partial charge in [0.05, 0.1) is 11.1 Å². The highest BCUT2D eigenvalue weighted by atomic mass is 35.5. The van der Waals surface area contributed by atoms with Gasteiger partial charge in [-0.3, -0.25) is 4.79 Å². The maximum atomic E-state index is 12.6. The van der Waals surface area contributed by atoms with Crippen LogP contribution in [0, 0.1) is 6.92 Å². The van der Waals surface area contributed by atoms with E-state index >= 15 is 0 Å². The van der Waals surface area contributed by atoms with E-state index in [4.69, 9.17) is 27.9 Å². The first kappa shape index (κ1) is 19.7. The Balaban J connectivity index is 2.07. The Morgan fingerprint density at radius 2 is 1.81 bits per heavy atom. The molecule has 0 fully saturated rings. The Kier molecular flexibility index (Phi) is 5.52. The summed E-state index contributed by atoms with van der Waals surface area (Å²) < 4.78 is 5.09. The monoisotopic (exact) mass is 405 g/mol. The fourth-order valence-corrected chi connectivity index (χ4v) is 3.83. The number of ether oxygens (including phenoxy) is 1. The SMILES string of the molecule is COCCC1(C)NC(=O)C(c2c(C)cc(-c3ccc(Cl)cc3)cc2Cl)=C1O. The van der Waals surface area contributed by atoms with Crippen LogP contribution < -0.4 is 5.32 Å². The van der Waals surface area contributed by atoms with Crippen molar-refractivity contribution in [3.63, 3.8) is 0 Å². The number of carbonyl (C=O) groups is 1. The Labute approximate surface area is 168 Å². The molecule has 0 radical (unpaired) electrons.